The summed E-state index contributed by atoms with van der Waals surface area (Å²) in [5, 5.41) is 1.47. The first-order chi connectivity index (χ1) is 2.41. The second kappa shape index (κ2) is 9.32. The molecule has 0 unspecified atom stereocenters. The van der Waals surface area contributed by atoms with E-state index in [1.165, 1.54) is 36.2 Å². The third kappa shape index (κ3) is 8.87. The average Bonchev–Trinajstić information content (AvgIpc) is 1.41. The van der Waals surface area contributed by atoms with Gasteiger partial charge in [-0.25, -0.2) is 0 Å². The van der Waals surface area contributed by atoms with Gasteiger partial charge in [-0.1, -0.05) is 0 Å². The van der Waals surface area contributed by atoms with Crippen molar-refractivity contribution in [3.8, 4) is 0 Å². The minimum atomic E-state index is 0. The van der Waals surface area contributed by atoms with Gasteiger partial charge < -0.3 is 12.4 Å². The van der Waals surface area contributed by atoms with Gasteiger partial charge in [-0.15, -0.1) is 0 Å². The van der Waals surface area contributed by atoms with E-state index < -0.39 is 0 Å². The Morgan fingerprint density at radius 2 is 2.00 bits per heavy atom. The third-order valence-electron chi connectivity index (χ3n) is 0.604. The molecule has 0 heterocycles. The number of halogens is 1. The molecule has 0 saturated heterocycles. The topological polar surface area (TPSA) is 0 Å². The number of unbranched alkanes of at least 4 members (excludes halogenated alkanes) is 1. The standard InChI is InChI=1S/C4H9.ClH.Zn/c1-3-4-2;;/h1,3-4H2,2H3;1H;/q;;+1/p-1. The van der Waals surface area contributed by atoms with Crippen molar-refractivity contribution in [2.24, 2.45) is 0 Å². The molecule has 0 aromatic heterocycles. The van der Waals surface area contributed by atoms with Crippen LogP contribution >= 0.6 is 0 Å². The van der Waals surface area contributed by atoms with Gasteiger partial charge in [0, 0.05) is 0 Å². The van der Waals surface area contributed by atoms with Gasteiger partial charge in [0.2, 0.25) is 0 Å². The van der Waals surface area contributed by atoms with E-state index in [0.29, 0.717) is 0 Å². The maximum absolute atomic E-state index is 2.23. The van der Waals surface area contributed by atoms with Crippen LogP contribution in [-0.4, -0.2) is 0 Å². The summed E-state index contributed by atoms with van der Waals surface area (Å²) in [6.07, 6.45) is 2.82. The van der Waals surface area contributed by atoms with Crippen molar-refractivity contribution < 1.29 is 30.7 Å². The predicted molar refractivity (Wildman–Crippen MR) is 19.7 cm³/mol. The molecule has 0 fully saturated rings. The van der Waals surface area contributed by atoms with Crippen LogP contribution in [0.4, 0.5) is 0 Å². The van der Waals surface area contributed by atoms with Crippen molar-refractivity contribution in [2.45, 2.75) is 24.8 Å². The molecular weight excluding hydrogens is 149 g/mol. The van der Waals surface area contributed by atoms with Crippen LogP contribution in [-0.2, 0) is 18.3 Å². The predicted octanol–water partition coefficient (Wildman–Crippen LogP) is -1.24. The Hall–Kier alpha value is 0.913. The molecule has 0 nitrogen and oxygen atoms in total. The van der Waals surface area contributed by atoms with Crippen molar-refractivity contribution in [1.82, 2.24) is 0 Å². The zero-order chi connectivity index (χ0) is 4.12. The molecule has 0 amide bonds. The van der Waals surface area contributed by atoms with E-state index >= 15 is 0 Å². The van der Waals surface area contributed by atoms with Crippen LogP contribution in [0.3, 0.4) is 0 Å². The monoisotopic (exact) mass is 156 g/mol. The van der Waals surface area contributed by atoms with E-state index in [2.05, 4.69) is 6.92 Å². The Morgan fingerprint density at radius 1 is 1.50 bits per heavy atom. The molecule has 34 valence electrons. The Kier molecular flexibility index (Phi) is 15.6. The van der Waals surface area contributed by atoms with Gasteiger partial charge in [-0.2, -0.15) is 0 Å². The minimum Gasteiger partial charge on any atom is -1.00 e. The van der Waals surface area contributed by atoms with Gasteiger partial charge in [0.15, 0.2) is 0 Å². The maximum Gasteiger partial charge on any atom is -1.00 e. The van der Waals surface area contributed by atoms with E-state index in [0.717, 1.165) is 0 Å². The molecule has 0 spiro atoms. The first-order valence-electron chi connectivity index (χ1n) is 2.21. The summed E-state index contributed by atoms with van der Waals surface area (Å²) in [6.45, 7) is 2.23. The molecule has 0 atom stereocenters. The van der Waals surface area contributed by atoms with Gasteiger partial charge in [0.05, 0.1) is 0 Å². The average molecular weight is 158 g/mol. The van der Waals surface area contributed by atoms with Gasteiger partial charge >= 0.3 is 43.1 Å². The molecule has 6 heavy (non-hydrogen) atoms. The second-order valence-corrected chi connectivity index (χ2v) is 2.69. The van der Waals surface area contributed by atoms with Crippen LogP contribution in [0, 0.1) is 0 Å². The molecule has 0 aliphatic heterocycles. The minimum absolute atomic E-state index is 0. The van der Waals surface area contributed by atoms with Gasteiger partial charge in [-0.3, -0.25) is 0 Å². The summed E-state index contributed by atoms with van der Waals surface area (Å²) < 4.78 is 0. The van der Waals surface area contributed by atoms with Crippen LogP contribution in [0.2, 0.25) is 5.02 Å². The molecule has 0 radical (unpaired) electrons. The third-order valence-corrected chi connectivity index (χ3v) is 1.65. The normalized spacial score (nSPS) is 7.17. The van der Waals surface area contributed by atoms with Crippen LogP contribution < -0.4 is 12.4 Å². The summed E-state index contributed by atoms with van der Waals surface area (Å²) in [7, 11) is 0. The molecular formula is C4H9ClZn. The first-order valence-corrected chi connectivity index (χ1v) is 4.31. The Morgan fingerprint density at radius 3 is 2.00 bits per heavy atom. The molecule has 0 N–H and O–H groups in total. The molecule has 0 aromatic rings. The first kappa shape index (κ1) is 10.0. The molecule has 0 aliphatic carbocycles. The molecule has 0 saturated carbocycles. The van der Waals surface area contributed by atoms with Crippen molar-refractivity contribution in [2.75, 3.05) is 0 Å². The fraction of sp³-hybridized carbons (Fsp3) is 1.00. The van der Waals surface area contributed by atoms with E-state index in [4.69, 9.17) is 0 Å². The van der Waals surface area contributed by atoms with Gasteiger partial charge in [-0.05, 0) is 0 Å². The van der Waals surface area contributed by atoms with Crippen molar-refractivity contribution in [3.05, 3.63) is 0 Å². The number of rotatable bonds is 2. The van der Waals surface area contributed by atoms with Crippen LogP contribution in [0.15, 0.2) is 0 Å². The molecule has 0 rings (SSSR count). The van der Waals surface area contributed by atoms with E-state index in [1.807, 2.05) is 0 Å². The van der Waals surface area contributed by atoms with Crippen molar-refractivity contribution >= 4 is 0 Å². The molecule has 2 heteroatoms. The Labute approximate surface area is 55.8 Å². The number of hydrogen-bond donors (Lipinski definition) is 0. The van der Waals surface area contributed by atoms with Crippen LogP contribution in [0.5, 0.6) is 0 Å². The van der Waals surface area contributed by atoms with Crippen LogP contribution in [0.1, 0.15) is 19.8 Å². The Balaban J connectivity index is 0. The number of hydrogen-bond acceptors (Lipinski definition) is 0. The zero-order valence-electron chi connectivity index (χ0n) is 4.21. The smallest absolute Gasteiger partial charge is 1.00 e. The quantitative estimate of drug-likeness (QED) is 0.440. The SMILES string of the molecule is CCC[CH2][Zn+].[Cl-]. The van der Waals surface area contributed by atoms with Gasteiger partial charge in [0.1, 0.15) is 0 Å². The van der Waals surface area contributed by atoms with E-state index in [9.17, 15) is 0 Å². The second-order valence-electron chi connectivity index (χ2n) is 1.21. The summed E-state index contributed by atoms with van der Waals surface area (Å²) >= 11 is 1.48. The summed E-state index contributed by atoms with van der Waals surface area (Å²) in [4.78, 5) is 0. The maximum atomic E-state index is 2.23. The van der Waals surface area contributed by atoms with Crippen molar-refractivity contribution in [3.63, 3.8) is 0 Å². The van der Waals surface area contributed by atoms with E-state index in [1.54, 1.807) is 0 Å². The molecule has 0 bridgehead atoms. The Bertz CT molecular complexity index is 15.0. The largest absolute Gasteiger partial charge is 1.00 e. The van der Waals surface area contributed by atoms with E-state index in [-0.39, 0.29) is 12.4 Å². The molecule has 0 aliphatic rings. The summed E-state index contributed by atoms with van der Waals surface area (Å²) in [6, 6.07) is 0. The molecule has 0 aromatic carbocycles. The van der Waals surface area contributed by atoms with Crippen molar-refractivity contribution in [1.29, 1.82) is 0 Å². The fourth-order valence-corrected chi connectivity index (χ4v) is 1.30. The fourth-order valence-electron chi connectivity index (χ4n) is 0.250. The zero-order valence-corrected chi connectivity index (χ0v) is 7.93. The summed E-state index contributed by atoms with van der Waals surface area (Å²) in [5.74, 6) is 0. The summed E-state index contributed by atoms with van der Waals surface area (Å²) in [5.41, 5.74) is 0. The van der Waals surface area contributed by atoms with Gasteiger partial charge in [0.25, 0.3) is 0 Å². The van der Waals surface area contributed by atoms with Crippen LogP contribution in [0.25, 0.3) is 0 Å².